The third kappa shape index (κ3) is 4.21. The molecule has 1 N–H and O–H groups in total. The van der Waals surface area contributed by atoms with E-state index in [1.807, 2.05) is 4.90 Å². The first kappa shape index (κ1) is 14.3. The van der Waals surface area contributed by atoms with Crippen molar-refractivity contribution in [3.05, 3.63) is 12.0 Å². The highest BCUT2D eigenvalue weighted by Gasteiger charge is 2.24. The molecule has 0 unspecified atom stereocenters. The van der Waals surface area contributed by atoms with Gasteiger partial charge in [0.1, 0.15) is 6.26 Å². The van der Waals surface area contributed by atoms with Crippen LogP contribution in [0.1, 0.15) is 19.5 Å². The van der Waals surface area contributed by atoms with Gasteiger partial charge in [-0.1, -0.05) is 13.8 Å². The molecule has 1 fully saturated rings. The Hall–Kier alpha value is -1.08. The van der Waals surface area contributed by atoms with Crippen molar-refractivity contribution in [2.24, 2.45) is 5.92 Å². The number of anilines is 1. The number of hydrogen-bond donors (Lipinski definition) is 1. The standard InChI is InChI=1S/C12H21N3O3S/c1-10(2)7-13-8-11-9-18-12(14-11)15-3-5-19(16,17)6-4-15/h9-10,13H,3-8H2,1-2H3. The second-order valence-electron chi connectivity index (χ2n) is 5.29. The van der Waals surface area contributed by atoms with Crippen LogP contribution in [0.3, 0.4) is 0 Å². The fourth-order valence-electron chi connectivity index (χ4n) is 1.92. The van der Waals surface area contributed by atoms with E-state index >= 15 is 0 Å². The molecule has 1 aliphatic heterocycles. The Morgan fingerprint density at radius 3 is 2.74 bits per heavy atom. The number of rotatable bonds is 5. The van der Waals surface area contributed by atoms with E-state index in [9.17, 15) is 8.42 Å². The Labute approximate surface area is 114 Å². The van der Waals surface area contributed by atoms with Crippen LogP contribution in [0, 0.1) is 5.92 Å². The molecule has 0 radical (unpaired) electrons. The Morgan fingerprint density at radius 1 is 1.42 bits per heavy atom. The highest BCUT2D eigenvalue weighted by atomic mass is 32.2. The summed E-state index contributed by atoms with van der Waals surface area (Å²) in [4.78, 5) is 6.26. The second kappa shape index (κ2) is 5.92. The van der Waals surface area contributed by atoms with Gasteiger partial charge in [-0.3, -0.25) is 0 Å². The summed E-state index contributed by atoms with van der Waals surface area (Å²) in [5, 5.41) is 3.29. The predicted octanol–water partition coefficient (Wildman–Crippen LogP) is 0.655. The van der Waals surface area contributed by atoms with Crippen LogP contribution in [0.2, 0.25) is 0 Å². The van der Waals surface area contributed by atoms with Crippen LogP contribution >= 0.6 is 0 Å². The first-order chi connectivity index (χ1) is 8.96. The quantitative estimate of drug-likeness (QED) is 0.857. The lowest BCUT2D eigenvalue weighted by molar-refractivity contribution is 0.526. The van der Waals surface area contributed by atoms with Gasteiger partial charge in [0.25, 0.3) is 6.01 Å². The van der Waals surface area contributed by atoms with Crippen molar-refractivity contribution in [1.29, 1.82) is 0 Å². The van der Waals surface area contributed by atoms with Crippen molar-refractivity contribution in [3.63, 3.8) is 0 Å². The van der Waals surface area contributed by atoms with E-state index in [2.05, 4.69) is 24.1 Å². The third-order valence-corrected chi connectivity index (χ3v) is 4.62. The molecule has 1 aromatic rings. The van der Waals surface area contributed by atoms with Gasteiger partial charge in [-0.15, -0.1) is 0 Å². The maximum absolute atomic E-state index is 11.4. The number of aromatic nitrogens is 1. The number of nitrogens with one attached hydrogen (secondary N) is 1. The van der Waals surface area contributed by atoms with Crippen LogP contribution in [-0.2, 0) is 16.4 Å². The zero-order valence-corrected chi connectivity index (χ0v) is 12.2. The lowest BCUT2D eigenvalue weighted by Crippen LogP contribution is -2.40. The number of nitrogens with zero attached hydrogens (tertiary/aromatic N) is 2. The van der Waals surface area contributed by atoms with Gasteiger partial charge in [0.2, 0.25) is 0 Å². The minimum absolute atomic E-state index is 0.177. The van der Waals surface area contributed by atoms with Crippen molar-refractivity contribution in [3.8, 4) is 0 Å². The van der Waals surface area contributed by atoms with Gasteiger partial charge in [0.15, 0.2) is 9.84 Å². The average molecular weight is 287 g/mol. The fourth-order valence-corrected chi connectivity index (χ4v) is 3.12. The largest absolute Gasteiger partial charge is 0.432 e. The van der Waals surface area contributed by atoms with Crippen LogP contribution in [0.15, 0.2) is 10.7 Å². The third-order valence-electron chi connectivity index (χ3n) is 3.01. The smallest absolute Gasteiger partial charge is 0.297 e. The minimum atomic E-state index is -2.86. The molecular weight excluding hydrogens is 266 g/mol. The minimum Gasteiger partial charge on any atom is -0.432 e. The maximum atomic E-state index is 11.4. The van der Waals surface area contributed by atoms with Crippen LogP contribution in [0.4, 0.5) is 6.01 Å². The molecule has 0 atom stereocenters. The summed E-state index contributed by atoms with van der Waals surface area (Å²) in [6.07, 6.45) is 1.63. The van der Waals surface area contributed by atoms with Crippen LogP contribution < -0.4 is 10.2 Å². The summed E-state index contributed by atoms with van der Waals surface area (Å²) < 4.78 is 28.1. The molecule has 0 saturated carbocycles. The Balaban J connectivity index is 1.87. The van der Waals surface area contributed by atoms with Gasteiger partial charge in [-0.05, 0) is 12.5 Å². The van der Waals surface area contributed by atoms with Crippen molar-refractivity contribution >= 4 is 15.9 Å². The highest BCUT2D eigenvalue weighted by Crippen LogP contribution is 2.16. The summed E-state index contributed by atoms with van der Waals surface area (Å²) in [6, 6.07) is 0.524. The van der Waals surface area contributed by atoms with Gasteiger partial charge in [-0.2, -0.15) is 4.98 Å². The summed E-state index contributed by atoms with van der Waals surface area (Å²) in [7, 11) is -2.86. The fraction of sp³-hybridized carbons (Fsp3) is 0.750. The summed E-state index contributed by atoms with van der Waals surface area (Å²) in [5.74, 6) is 0.950. The van der Waals surface area contributed by atoms with E-state index in [0.29, 0.717) is 31.6 Å². The molecule has 2 rings (SSSR count). The van der Waals surface area contributed by atoms with Gasteiger partial charge in [0.05, 0.1) is 17.2 Å². The first-order valence-corrected chi connectivity index (χ1v) is 8.39. The molecule has 7 heteroatoms. The van der Waals surface area contributed by atoms with E-state index in [1.165, 1.54) is 0 Å². The molecule has 19 heavy (non-hydrogen) atoms. The lowest BCUT2D eigenvalue weighted by atomic mass is 10.2. The zero-order valence-electron chi connectivity index (χ0n) is 11.4. The highest BCUT2D eigenvalue weighted by molar-refractivity contribution is 7.91. The first-order valence-electron chi connectivity index (χ1n) is 6.57. The monoisotopic (exact) mass is 287 g/mol. The molecule has 0 spiro atoms. The number of oxazole rings is 1. The molecule has 1 saturated heterocycles. The Kier molecular flexibility index (Phi) is 4.46. The van der Waals surface area contributed by atoms with Crippen molar-refractivity contribution in [2.75, 3.05) is 36.0 Å². The summed E-state index contributed by atoms with van der Waals surface area (Å²) in [5.41, 5.74) is 0.851. The van der Waals surface area contributed by atoms with Gasteiger partial charge < -0.3 is 14.6 Å². The van der Waals surface area contributed by atoms with Crippen LogP contribution in [0.5, 0.6) is 0 Å². The van der Waals surface area contributed by atoms with Crippen LogP contribution in [0.25, 0.3) is 0 Å². The molecule has 1 aromatic heterocycles. The topological polar surface area (TPSA) is 75.4 Å². The van der Waals surface area contributed by atoms with Gasteiger partial charge in [-0.25, -0.2) is 8.42 Å². The normalized spacial score (nSPS) is 19.0. The van der Waals surface area contributed by atoms with E-state index in [0.717, 1.165) is 12.2 Å². The molecule has 1 aliphatic rings. The van der Waals surface area contributed by atoms with E-state index < -0.39 is 9.84 Å². The molecule has 108 valence electrons. The summed E-state index contributed by atoms with van der Waals surface area (Å²) in [6.45, 7) is 6.83. The lowest BCUT2D eigenvalue weighted by Gasteiger charge is -2.24. The molecule has 0 amide bonds. The van der Waals surface area contributed by atoms with Crippen molar-refractivity contribution in [2.45, 2.75) is 20.4 Å². The van der Waals surface area contributed by atoms with E-state index in [4.69, 9.17) is 4.42 Å². The zero-order chi connectivity index (χ0) is 13.9. The predicted molar refractivity (Wildman–Crippen MR) is 73.9 cm³/mol. The Bertz CT molecular complexity index is 496. The molecule has 0 aromatic carbocycles. The molecule has 0 bridgehead atoms. The number of hydrogen-bond acceptors (Lipinski definition) is 6. The Morgan fingerprint density at radius 2 is 2.11 bits per heavy atom. The second-order valence-corrected chi connectivity index (χ2v) is 7.59. The summed E-state index contributed by atoms with van der Waals surface area (Å²) >= 11 is 0. The SMILES string of the molecule is CC(C)CNCc1coc(N2CCS(=O)(=O)CC2)n1. The molecule has 2 heterocycles. The van der Waals surface area contributed by atoms with E-state index in [-0.39, 0.29) is 11.5 Å². The number of sulfone groups is 1. The maximum Gasteiger partial charge on any atom is 0.297 e. The van der Waals surface area contributed by atoms with Gasteiger partial charge >= 0.3 is 0 Å². The van der Waals surface area contributed by atoms with Crippen molar-refractivity contribution in [1.82, 2.24) is 10.3 Å². The average Bonchev–Trinajstić information content (AvgIpc) is 2.77. The van der Waals surface area contributed by atoms with Crippen molar-refractivity contribution < 1.29 is 12.8 Å². The van der Waals surface area contributed by atoms with E-state index in [1.54, 1.807) is 6.26 Å². The molecule has 6 nitrogen and oxygen atoms in total. The van der Waals surface area contributed by atoms with Crippen LogP contribution in [-0.4, -0.2) is 44.5 Å². The molecule has 0 aliphatic carbocycles. The van der Waals surface area contributed by atoms with Gasteiger partial charge in [0, 0.05) is 19.6 Å². The molecular formula is C12H21N3O3S.